The van der Waals surface area contributed by atoms with E-state index in [1.807, 2.05) is 29.0 Å². The van der Waals surface area contributed by atoms with E-state index in [0.717, 1.165) is 23.2 Å². The Morgan fingerprint density at radius 2 is 1.75 bits per heavy atom. The number of hydrogen-bond donors (Lipinski definition) is 1. The lowest BCUT2D eigenvalue weighted by molar-refractivity contribution is -0.137. The van der Waals surface area contributed by atoms with E-state index >= 15 is 0 Å². The lowest BCUT2D eigenvalue weighted by Crippen LogP contribution is -2.14. The summed E-state index contributed by atoms with van der Waals surface area (Å²) in [5.41, 5.74) is 1.77. The maximum atomic E-state index is 12.7. The second-order valence-electron chi connectivity index (χ2n) is 7.86. The number of rotatable bonds is 6. The van der Waals surface area contributed by atoms with Gasteiger partial charge >= 0.3 is 6.18 Å². The minimum Gasteiger partial charge on any atom is -0.438 e. The van der Waals surface area contributed by atoms with Gasteiger partial charge in [0.2, 0.25) is 11.8 Å². The summed E-state index contributed by atoms with van der Waals surface area (Å²) in [7, 11) is 0. The molecule has 2 aromatic carbocycles. The SMILES string of the molecule is O=C(Cc1ccc(C(F)(F)F)cc1)Nc1ccc(Oc2ncnc3c2ccn3-c2cccnc2)cc1. The number of aromatic nitrogens is 4. The van der Waals surface area contributed by atoms with E-state index in [1.165, 1.54) is 18.5 Å². The zero-order valence-electron chi connectivity index (χ0n) is 18.6. The van der Waals surface area contributed by atoms with Gasteiger partial charge in [0.15, 0.2) is 5.65 Å². The van der Waals surface area contributed by atoms with Crippen LogP contribution in [0.15, 0.2) is 91.6 Å². The number of amides is 1. The number of ether oxygens (including phenoxy) is 1. The quantitative estimate of drug-likeness (QED) is 0.326. The first-order chi connectivity index (χ1) is 17.4. The highest BCUT2D eigenvalue weighted by molar-refractivity contribution is 5.92. The molecule has 0 atom stereocenters. The summed E-state index contributed by atoms with van der Waals surface area (Å²) in [6, 6.07) is 16.8. The van der Waals surface area contributed by atoms with Crippen LogP contribution in [0.1, 0.15) is 11.1 Å². The molecule has 1 amide bonds. The van der Waals surface area contributed by atoms with Gasteiger partial charge in [-0.1, -0.05) is 12.1 Å². The Kier molecular flexibility index (Phi) is 6.07. The standard InChI is InChI=1S/C26H18F3N5O2/c27-26(28,29)18-5-3-17(4-6-18)14-23(35)33-19-7-9-21(10-8-19)36-25-22-11-13-34(24(22)31-16-32-25)20-2-1-12-30-15-20/h1-13,15-16H,14H2,(H,33,35). The Balaban J connectivity index is 1.25. The number of benzene rings is 2. The minimum absolute atomic E-state index is 0.0524. The maximum Gasteiger partial charge on any atom is 0.416 e. The molecule has 3 heterocycles. The molecule has 36 heavy (non-hydrogen) atoms. The van der Waals surface area contributed by atoms with Gasteiger partial charge in [0.25, 0.3) is 0 Å². The van der Waals surface area contributed by atoms with Crippen molar-refractivity contribution in [1.82, 2.24) is 19.5 Å². The summed E-state index contributed by atoms with van der Waals surface area (Å²) in [6.45, 7) is 0. The van der Waals surface area contributed by atoms with Crippen molar-refractivity contribution in [3.05, 3.63) is 103 Å². The van der Waals surface area contributed by atoms with Crippen molar-refractivity contribution < 1.29 is 22.7 Å². The molecule has 180 valence electrons. The van der Waals surface area contributed by atoms with Crippen molar-refractivity contribution in [1.29, 1.82) is 0 Å². The molecule has 0 radical (unpaired) electrons. The second-order valence-corrected chi connectivity index (χ2v) is 7.86. The van der Waals surface area contributed by atoms with Crippen molar-refractivity contribution in [2.24, 2.45) is 0 Å². The fourth-order valence-corrected chi connectivity index (χ4v) is 3.63. The smallest absolute Gasteiger partial charge is 0.416 e. The van der Waals surface area contributed by atoms with E-state index in [-0.39, 0.29) is 12.3 Å². The van der Waals surface area contributed by atoms with E-state index in [1.54, 1.807) is 36.7 Å². The molecule has 5 rings (SSSR count). The highest BCUT2D eigenvalue weighted by atomic mass is 19.4. The average molecular weight is 489 g/mol. The zero-order chi connectivity index (χ0) is 25.1. The first kappa shape index (κ1) is 23.0. The number of alkyl halides is 3. The summed E-state index contributed by atoms with van der Waals surface area (Å²) < 4.78 is 45.9. The molecule has 5 aromatic rings. The number of nitrogens with zero attached hydrogens (tertiary/aromatic N) is 4. The van der Waals surface area contributed by atoms with Crippen LogP contribution in [0.5, 0.6) is 11.6 Å². The van der Waals surface area contributed by atoms with Crippen LogP contribution in [0.3, 0.4) is 0 Å². The summed E-state index contributed by atoms with van der Waals surface area (Å²) in [5.74, 6) is 0.532. The highest BCUT2D eigenvalue weighted by Gasteiger charge is 2.30. The van der Waals surface area contributed by atoms with E-state index in [9.17, 15) is 18.0 Å². The van der Waals surface area contributed by atoms with Gasteiger partial charge in [-0.25, -0.2) is 9.97 Å². The van der Waals surface area contributed by atoms with Crippen molar-refractivity contribution in [2.45, 2.75) is 12.6 Å². The molecule has 7 nitrogen and oxygen atoms in total. The molecular formula is C26H18F3N5O2. The van der Waals surface area contributed by atoms with Crippen LogP contribution in [-0.4, -0.2) is 25.4 Å². The number of pyridine rings is 1. The monoisotopic (exact) mass is 489 g/mol. The highest BCUT2D eigenvalue weighted by Crippen LogP contribution is 2.30. The molecule has 1 N–H and O–H groups in total. The second kappa shape index (κ2) is 9.49. The number of anilines is 1. The van der Waals surface area contributed by atoms with Gasteiger partial charge in [0.05, 0.1) is 29.3 Å². The molecule has 0 aliphatic carbocycles. The van der Waals surface area contributed by atoms with Gasteiger partial charge < -0.3 is 10.1 Å². The molecule has 0 aliphatic heterocycles. The molecule has 0 bridgehead atoms. The molecule has 3 aromatic heterocycles. The molecular weight excluding hydrogens is 471 g/mol. The van der Waals surface area contributed by atoms with Crippen LogP contribution in [0.25, 0.3) is 16.7 Å². The van der Waals surface area contributed by atoms with Gasteiger partial charge in [-0.05, 0) is 60.2 Å². The van der Waals surface area contributed by atoms with Crippen LogP contribution < -0.4 is 10.1 Å². The first-order valence-corrected chi connectivity index (χ1v) is 10.8. The first-order valence-electron chi connectivity index (χ1n) is 10.8. The molecule has 0 saturated carbocycles. The Hall–Kier alpha value is -4.73. The Labute approximate surface area is 203 Å². The maximum absolute atomic E-state index is 12.7. The Bertz CT molecular complexity index is 1500. The van der Waals surface area contributed by atoms with Gasteiger partial charge in [0, 0.05) is 18.1 Å². The number of hydrogen-bond acceptors (Lipinski definition) is 5. The molecule has 0 aliphatic rings. The Morgan fingerprint density at radius 3 is 2.44 bits per heavy atom. The van der Waals surface area contributed by atoms with E-state index < -0.39 is 11.7 Å². The van der Waals surface area contributed by atoms with Crippen LogP contribution in [0, 0.1) is 0 Å². The van der Waals surface area contributed by atoms with Crippen LogP contribution >= 0.6 is 0 Å². The van der Waals surface area contributed by atoms with E-state index in [4.69, 9.17) is 4.74 Å². The summed E-state index contributed by atoms with van der Waals surface area (Å²) in [5, 5.41) is 3.44. The lowest BCUT2D eigenvalue weighted by atomic mass is 10.1. The van der Waals surface area contributed by atoms with Crippen molar-refractivity contribution in [3.8, 4) is 17.3 Å². The van der Waals surface area contributed by atoms with Gasteiger partial charge in [0.1, 0.15) is 12.1 Å². The van der Waals surface area contributed by atoms with Crippen molar-refractivity contribution in [3.63, 3.8) is 0 Å². The predicted molar refractivity (Wildman–Crippen MR) is 127 cm³/mol. The van der Waals surface area contributed by atoms with Crippen LogP contribution in [0.2, 0.25) is 0 Å². The number of halogens is 3. The van der Waals surface area contributed by atoms with Crippen LogP contribution in [-0.2, 0) is 17.4 Å². The Morgan fingerprint density at radius 1 is 0.972 bits per heavy atom. The van der Waals surface area contributed by atoms with Gasteiger partial charge in [-0.3, -0.25) is 14.3 Å². The zero-order valence-corrected chi connectivity index (χ0v) is 18.6. The lowest BCUT2D eigenvalue weighted by Gasteiger charge is -2.10. The summed E-state index contributed by atoms with van der Waals surface area (Å²) in [4.78, 5) is 25.1. The third-order valence-corrected chi connectivity index (χ3v) is 5.37. The van der Waals surface area contributed by atoms with E-state index in [2.05, 4.69) is 20.3 Å². The van der Waals surface area contributed by atoms with E-state index in [0.29, 0.717) is 28.5 Å². The largest absolute Gasteiger partial charge is 0.438 e. The normalized spacial score (nSPS) is 11.4. The molecule has 0 fully saturated rings. The van der Waals surface area contributed by atoms with Gasteiger partial charge in [-0.2, -0.15) is 13.2 Å². The fraction of sp³-hybridized carbons (Fsp3) is 0.0769. The number of carbonyl (C=O) groups excluding carboxylic acids is 1. The van der Waals surface area contributed by atoms with Crippen molar-refractivity contribution in [2.75, 3.05) is 5.32 Å². The third-order valence-electron chi connectivity index (χ3n) is 5.37. The third kappa shape index (κ3) is 5.02. The average Bonchev–Trinajstić information content (AvgIpc) is 3.31. The predicted octanol–water partition coefficient (Wildman–Crippen LogP) is 5.81. The van der Waals surface area contributed by atoms with Crippen molar-refractivity contribution >= 4 is 22.6 Å². The van der Waals surface area contributed by atoms with Gasteiger partial charge in [-0.15, -0.1) is 0 Å². The number of carbonyl (C=O) groups is 1. The topological polar surface area (TPSA) is 81.9 Å². The molecule has 0 unspecified atom stereocenters. The fourth-order valence-electron chi connectivity index (χ4n) is 3.63. The minimum atomic E-state index is -4.41. The summed E-state index contributed by atoms with van der Waals surface area (Å²) in [6.07, 6.45) is 2.24. The molecule has 0 spiro atoms. The molecule has 0 saturated heterocycles. The number of nitrogens with one attached hydrogen (secondary N) is 1. The van der Waals surface area contributed by atoms with Crippen LogP contribution in [0.4, 0.5) is 18.9 Å². The number of fused-ring (bicyclic) bond motifs is 1. The summed E-state index contributed by atoms with van der Waals surface area (Å²) >= 11 is 0. The molecule has 10 heteroatoms.